The molecule has 88 valence electrons. The van der Waals surface area contributed by atoms with Crippen molar-refractivity contribution in [2.45, 2.75) is 13.0 Å². The van der Waals surface area contributed by atoms with Gasteiger partial charge in [-0.15, -0.1) is 5.10 Å². The zero-order chi connectivity index (χ0) is 12.3. The van der Waals surface area contributed by atoms with E-state index >= 15 is 0 Å². The van der Waals surface area contributed by atoms with Crippen molar-refractivity contribution in [3.63, 3.8) is 0 Å². The summed E-state index contributed by atoms with van der Waals surface area (Å²) >= 11 is 1.01. The Morgan fingerprint density at radius 2 is 2.24 bits per heavy atom. The molecule has 1 aromatic carbocycles. The van der Waals surface area contributed by atoms with Crippen molar-refractivity contribution >= 4 is 17.4 Å². The molecule has 1 aromatic heterocycles. The molecule has 0 aliphatic heterocycles. The van der Waals surface area contributed by atoms with Gasteiger partial charge in [-0.2, -0.15) is 0 Å². The fourth-order valence-corrected chi connectivity index (χ4v) is 1.86. The number of nitrogens with zero attached hydrogens (tertiary/aromatic N) is 2. The summed E-state index contributed by atoms with van der Waals surface area (Å²) in [4.78, 5) is 12.1. The van der Waals surface area contributed by atoms with Crippen molar-refractivity contribution < 1.29 is 9.18 Å². The molecule has 0 saturated carbocycles. The highest BCUT2D eigenvalue weighted by molar-refractivity contribution is 7.07. The Hall–Kier alpha value is -1.82. The first-order chi connectivity index (χ1) is 8.18. The number of carbonyl (C=O) groups excluding carboxylic acids is 1. The minimum atomic E-state index is -0.397. The average Bonchev–Trinajstić information content (AvgIpc) is 2.82. The van der Waals surface area contributed by atoms with Crippen LogP contribution in [0.4, 0.5) is 4.39 Å². The Kier molecular flexibility index (Phi) is 3.43. The number of rotatable bonds is 3. The maximum Gasteiger partial charge on any atom is 0.265 e. The van der Waals surface area contributed by atoms with Gasteiger partial charge in [0.05, 0.1) is 12.2 Å². The van der Waals surface area contributed by atoms with Gasteiger partial charge < -0.3 is 5.32 Å². The molecule has 0 unspecified atom stereocenters. The molecule has 17 heavy (non-hydrogen) atoms. The molecular weight excluding hydrogens is 241 g/mol. The standard InChI is InChI=1S/C11H10FN3OS/c1-7(8-4-2-3-5-9(8)12)14-11(16)10-6-13-15-17-10/h2-7H,1H3,(H,14,16)/t7-/m1/s1. The smallest absolute Gasteiger partial charge is 0.265 e. The van der Waals surface area contributed by atoms with Gasteiger partial charge in [-0.1, -0.05) is 22.7 Å². The lowest BCUT2D eigenvalue weighted by Crippen LogP contribution is -2.26. The molecule has 0 saturated heterocycles. The maximum absolute atomic E-state index is 13.5. The third-order valence-electron chi connectivity index (χ3n) is 2.30. The minimum Gasteiger partial charge on any atom is -0.345 e. The van der Waals surface area contributed by atoms with Crippen molar-refractivity contribution in [3.05, 3.63) is 46.7 Å². The van der Waals surface area contributed by atoms with Crippen LogP contribution in [0.1, 0.15) is 28.2 Å². The molecule has 4 nitrogen and oxygen atoms in total. The summed E-state index contributed by atoms with van der Waals surface area (Å²) in [5, 5.41) is 6.27. The lowest BCUT2D eigenvalue weighted by atomic mass is 10.1. The number of hydrogen-bond acceptors (Lipinski definition) is 4. The highest BCUT2D eigenvalue weighted by Crippen LogP contribution is 2.16. The van der Waals surface area contributed by atoms with Gasteiger partial charge in [0.25, 0.3) is 5.91 Å². The van der Waals surface area contributed by atoms with Gasteiger partial charge in [-0.05, 0) is 24.5 Å². The number of carbonyl (C=O) groups is 1. The van der Waals surface area contributed by atoms with Gasteiger partial charge >= 0.3 is 0 Å². The summed E-state index contributed by atoms with van der Waals surface area (Å²) in [5.41, 5.74) is 0.457. The molecule has 0 spiro atoms. The summed E-state index contributed by atoms with van der Waals surface area (Å²) < 4.78 is 17.1. The van der Waals surface area contributed by atoms with E-state index in [1.807, 2.05) is 0 Å². The molecule has 0 radical (unpaired) electrons. The Morgan fingerprint density at radius 1 is 1.47 bits per heavy atom. The fourth-order valence-electron chi connectivity index (χ4n) is 1.44. The van der Waals surface area contributed by atoms with E-state index in [-0.39, 0.29) is 11.7 Å². The largest absolute Gasteiger partial charge is 0.345 e. The third kappa shape index (κ3) is 2.65. The molecule has 1 heterocycles. The first kappa shape index (κ1) is 11.7. The van der Waals surface area contributed by atoms with E-state index in [0.29, 0.717) is 10.4 Å². The average molecular weight is 251 g/mol. The number of nitrogens with one attached hydrogen (secondary N) is 1. The highest BCUT2D eigenvalue weighted by atomic mass is 32.1. The van der Waals surface area contributed by atoms with Gasteiger partial charge in [0.15, 0.2) is 0 Å². The van der Waals surface area contributed by atoms with Crippen LogP contribution in [-0.4, -0.2) is 15.5 Å². The van der Waals surface area contributed by atoms with Crippen molar-refractivity contribution in [3.8, 4) is 0 Å². The van der Waals surface area contributed by atoms with E-state index in [1.165, 1.54) is 12.3 Å². The molecule has 0 bridgehead atoms. The lowest BCUT2D eigenvalue weighted by Gasteiger charge is -2.13. The molecule has 0 fully saturated rings. The van der Waals surface area contributed by atoms with Crippen LogP contribution in [0, 0.1) is 5.82 Å². The summed E-state index contributed by atoms with van der Waals surface area (Å²) in [6, 6.07) is 5.96. The normalized spacial score (nSPS) is 12.1. The predicted molar refractivity (Wildman–Crippen MR) is 62.2 cm³/mol. The first-order valence-electron chi connectivity index (χ1n) is 5.01. The fraction of sp³-hybridized carbons (Fsp3) is 0.182. The molecular formula is C11H10FN3OS. The van der Waals surface area contributed by atoms with Crippen LogP contribution in [-0.2, 0) is 0 Å². The molecule has 2 aromatic rings. The maximum atomic E-state index is 13.5. The van der Waals surface area contributed by atoms with Crippen molar-refractivity contribution in [2.24, 2.45) is 0 Å². The second-order valence-corrected chi connectivity index (χ2v) is 4.28. The minimum absolute atomic E-state index is 0.296. The second-order valence-electron chi connectivity index (χ2n) is 3.50. The van der Waals surface area contributed by atoms with Crippen LogP contribution in [0.25, 0.3) is 0 Å². The molecule has 1 N–H and O–H groups in total. The number of hydrogen-bond donors (Lipinski definition) is 1. The summed E-state index contributed by atoms with van der Waals surface area (Å²) in [6.45, 7) is 1.73. The Morgan fingerprint density at radius 3 is 2.88 bits per heavy atom. The second kappa shape index (κ2) is 5.01. The van der Waals surface area contributed by atoms with E-state index in [4.69, 9.17) is 0 Å². The molecule has 0 aliphatic carbocycles. The van der Waals surface area contributed by atoms with Gasteiger partial charge in [0.1, 0.15) is 10.7 Å². The Labute approximate surface area is 102 Å². The Balaban J connectivity index is 2.10. The van der Waals surface area contributed by atoms with Crippen LogP contribution < -0.4 is 5.32 Å². The van der Waals surface area contributed by atoms with Crippen LogP contribution in [0.5, 0.6) is 0 Å². The van der Waals surface area contributed by atoms with Crippen molar-refractivity contribution in [2.75, 3.05) is 0 Å². The Bertz CT molecular complexity index is 515. The van der Waals surface area contributed by atoms with Crippen LogP contribution in [0.3, 0.4) is 0 Å². The van der Waals surface area contributed by atoms with Gasteiger partial charge in [0, 0.05) is 5.56 Å². The monoisotopic (exact) mass is 251 g/mol. The zero-order valence-electron chi connectivity index (χ0n) is 9.05. The number of benzene rings is 1. The molecule has 6 heteroatoms. The van der Waals surface area contributed by atoms with Crippen LogP contribution in [0.2, 0.25) is 0 Å². The molecule has 1 atom stereocenters. The van der Waals surface area contributed by atoms with Gasteiger partial charge in [-0.3, -0.25) is 4.79 Å². The number of aromatic nitrogens is 2. The first-order valence-corrected chi connectivity index (χ1v) is 5.78. The molecule has 0 aliphatic rings. The van der Waals surface area contributed by atoms with E-state index in [9.17, 15) is 9.18 Å². The van der Waals surface area contributed by atoms with Gasteiger partial charge in [0.2, 0.25) is 0 Å². The SMILES string of the molecule is C[C@@H](NC(=O)c1cnns1)c1ccccc1F. The van der Waals surface area contributed by atoms with Crippen LogP contribution >= 0.6 is 11.5 Å². The number of halogens is 1. The molecule has 2 rings (SSSR count). The summed E-state index contributed by atoms with van der Waals surface area (Å²) in [6.07, 6.45) is 1.38. The van der Waals surface area contributed by atoms with E-state index in [0.717, 1.165) is 11.5 Å². The lowest BCUT2D eigenvalue weighted by molar-refractivity contribution is 0.0943. The van der Waals surface area contributed by atoms with E-state index < -0.39 is 6.04 Å². The topological polar surface area (TPSA) is 54.9 Å². The van der Waals surface area contributed by atoms with Crippen LogP contribution in [0.15, 0.2) is 30.5 Å². The summed E-state index contributed by atoms with van der Waals surface area (Å²) in [7, 11) is 0. The third-order valence-corrected chi connectivity index (χ3v) is 2.97. The predicted octanol–water partition coefficient (Wildman–Crippen LogP) is 2.17. The number of amides is 1. The van der Waals surface area contributed by atoms with Crippen molar-refractivity contribution in [1.82, 2.24) is 14.9 Å². The van der Waals surface area contributed by atoms with Gasteiger partial charge in [-0.25, -0.2) is 4.39 Å². The molecule has 1 amide bonds. The quantitative estimate of drug-likeness (QED) is 0.909. The van der Waals surface area contributed by atoms with Crippen molar-refractivity contribution in [1.29, 1.82) is 0 Å². The summed E-state index contributed by atoms with van der Waals surface area (Å²) in [5.74, 6) is -0.626. The highest BCUT2D eigenvalue weighted by Gasteiger charge is 2.15. The van der Waals surface area contributed by atoms with E-state index in [1.54, 1.807) is 25.1 Å². The van der Waals surface area contributed by atoms with E-state index in [2.05, 4.69) is 14.9 Å². The zero-order valence-corrected chi connectivity index (χ0v) is 9.87.